The lowest BCUT2D eigenvalue weighted by molar-refractivity contribution is -0.130. The van der Waals surface area contributed by atoms with Crippen LogP contribution in [0.1, 0.15) is 24.8 Å². The van der Waals surface area contributed by atoms with Crippen LogP contribution in [0.4, 0.5) is 5.69 Å². The Balaban J connectivity index is 1.64. The first-order valence-corrected chi connectivity index (χ1v) is 9.57. The average Bonchev–Trinajstić information content (AvgIpc) is 2.94. The standard InChI is InChI=1S/C20H22ClN5O/c21-16-9-11-17(12-10-16)24-25-18-19(27)26-14-6-2-5-13-22-20(26,23-18)15-7-3-1-4-8-15/h1,3-4,7-12,22,24H,2,5-6,13-14H2,(H,23,25). The molecular formula is C20H22ClN5O. The Morgan fingerprint density at radius 2 is 1.78 bits per heavy atom. The average molecular weight is 384 g/mol. The van der Waals surface area contributed by atoms with E-state index in [0.717, 1.165) is 37.1 Å². The first kappa shape index (κ1) is 17.8. The van der Waals surface area contributed by atoms with Gasteiger partial charge in [-0.15, -0.1) is 0 Å². The number of halogens is 1. The fourth-order valence-electron chi connectivity index (χ4n) is 3.52. The molecule has 0 aromatic heterocycles. The number of rotatable bonds is 3. The molecule has 3 N–H and O–H groups in total. The molecule has 27 heavy (non-hydrogen) atoms. The van der Waals surface area contributed by atoms with Crippen molar-refractivity contribution < 1.29 is 4.79 Å². The van der Waals surface area contributed by atoms with Crippen LogP contribution in [0.2, 0.25) is 5.02 Å². The molecule has 0 radical (unpaired) electrons. The van der Waals surface area contributed by atoms with Crippen LogP contribution in [0.25, 0.3) is 0 Å². The van der Waals surface area contributed by atoms with Crippen LogP contribution in [0, 0.1) is 0 Å². The van der Waals surface area contributed by atoms with Crippen molar-refractivity contribution in [2.45, 2.75) is 25.0 Å². The number of aliphatic imine (C=N–C) groups is 1. The minimum absolute atomic E-state index is 0.116. The van der Waals surface area contributed by atoms with E-state index in [2.05, 4.69) is 16.2 Å². The van der Waals surface area contributed by atoms with E-state index in [1.54, 1.807) is 12.1 Å². The molecule has 2 heterocycles. The molecular weight excluding hydrogens is 362 g/mol. The van der Waals surface area contributed by atoms with Gasteiger partial charge in [-0.2, -0.15) is 0 Å². The summed E-state index contributed by atoms with van der Waals surface area (Å²) in [5.41, 5.74) is 7.79. The predicted octanol–water partition coefficient (Wildman–Crippen LogP) is 3.08. The summed E-state index contributed by atoms with van der Waals surface area (Å²) >= 11 is 5.92. The van der Waals surface area contributed by atoms with Crippen molar-refractivity contribution in [1.82, 2.24) is 15.6 Å². The van der Waals surface area contributed by atoms with Gasteiger partial charge in [0.1, 0.15) is 0 Å². The van der Waals surface area contributed by atoms with Gasteiger partial charge in [0, 0.05) is 17.1 Å². The maximum Gasteiger partial charge on any atom is 0.294 e. The Morgan fingerprint density at radius 3 is 2.56 bits per heavy atom. The smallest absolute Gasteiger partial charge is 0.294 e. The molecule has 2 aromatic carbocycles. The highest BCUT2D eigenvalue weighted by Crippen LogP contribution is 2.33. The van der Waals surface area contributed by atoms with Crippen molar-refractivity contribution in [3.05, 3.63) is 65.2 Å². The van der Waals surface area contributed by atoms with E-state index in [1.165, 1.54) is 0 Å². The van der Waals surface area contributed by atoms with Crippen molar-refractivity contribution in [1.29, 1.82) is 0 Å². The number of amidine groups is 1. The summed E-state index contributed by atoms with van der Waals surface area (Å²) in [5.74, 6) is -0.680. The van der Waals surface area contributed by atoms with E-state index in [4.69, 9.17) is 16.6 Å². The van der Waals surface area contributed by atoms with Gasteiger partial charge in [0.25, 0.3) is 5.91 Å². The number of hydrogen-bond donors (Lipinski definition) is 3. The maximum absolute atomic E-state index is 13.1. The molecule has 4 rings (SSSR count). The highest BCUT2D eigenvalue weighted by molar-refractivity contribution is 6.39. The molecule has 1 fully saturated rings. The molecule has 2 aliphatic rings. The summed E-state index contributed by atoms with van der Waals surface area (Å²) in [6.07, 6.45) is 3.13. The van der Waals surface area contributed by atoms with Gasteiger partial charge >= 0.3 is 0 Å². The van der Waals surface area contributed by atoms with Crippen LogP contribution in [0.5, 0.6) is 0 Å². The van der Waals surface area contributed by atoms with Crippen LogP contribution in [0.15, 0.2) is 59.6 Å². The molecule has 1 unspecified atom stereocenters. The van der Waals surface area contributed by atoms with E-state index >= 15 is 0 Å². The second-order valence-electron chi connectivity index (χ2n) is 6.70. The number of fused-ring (bicyclic) bond motifs is 1. The number of carbonyl (C=O) groups is 1. The number of hydrazine groups is 1. The molecule has 6 nitrogen and oxygen atoms in total. The molecule has 7 heteroatoms. The van der Waals surface area contributed by atoms with Crippen LogP contribution >= 0.6 is 11.6 Å². The Hall–Kier alpha value is -2.57. The summed E-state index contributed by atoms with van der Waals surface area (Å²) < 4.78 is 0. The quantitative estimate of drug-likeness (QED) is 0.712. The first-order chi connectivity index (χ1) is 13.2. The maximum atomic E-state index is 13.1. The Labute approximate surface area is 163 Å². The Bertz CT molecular complexity index is 839. The van der Waals surface area contributed by atoms with Gasteiger partial charge < -0.3 is 0 Å². The normalized spacial score (nSPS) is 22.5. The van der Waals surface area contributed by atoms with Crippen LogP contribution < -0.4 is 16.2 Å². The summed E-state index contributed by atoms with van der Waals surface area (Å²) in [6.45, 7) is 1.47. The third-order valence-electron chi connectivity index (χ3n) is 4.89. The summed E-state index contributed by atoms with van der Waals surface area (Å²) in [5, 5.41) is 4.17. The van der Waals surface area contributed by atoms with Crippen molar-refractivity contribution >= 4 is 29.0 Å². The van der Waals surface area contributed by atoms with Crippen LogP contribution in [0.3, 0.4) is 0 Å². The lowest BCUT2D eigenvalue weighted by Crippen LogP contribution is -2.55. The van der Waals surface area contributed by atoms with Gasteiger partial charge in [-0.3, -0.25) is 25.9 Å². The number of nitrogens with zero attached hydrogens (tertiary/aromatic N) is 2. The van der Waals surface area contributed by atoms with Gasteiger partial charge in [-0.25, -0.2) is 4.99 Å². The largest absolute Gasteiger partial charge is 0.299 e. The molecule has 0 saturated carbocycles. The van der Waals surface area contributed by atoms with Crippen molar-refractivity contribution in [3.8, 4) is 0 Å². The third kappa shape index (κ3) is 3.50. The highest BCUT2D eigenvalue weighted by Gasteiger charge is 2.48. The fourth-order valence-corrected chi connectivity index (χ4v) is 3.64. The van der Waals surface area contributed by atoms with Crippen molar-refractivity contribution in [3.63, 3.8) is 0 Å². The van der Waals surface area contributed by atoms with E-state index in [9.17, 15) is 4.79 Å². The summed E-state index contributed by atoms with van der Waals surface area (Å²) in [7, 11) is 0. The topological polar surface area (TPSA) is 68.8 Å². The molecule has 0 spiro atoms. The summed E-state index contributed by atoms with van der Waals surface area (Å²) in [6, 6.07) is 17.2. The van der Waals surface area contributed by atoms with Gasteiger partial charge in [-0.1, -0.05) is 48.4 Å². The molecule has 1 atom stereocenters. The third-order valence-corrected chi connectivity index (χ3v) is 5.14. The number of carbonyl (C=O) groups excluding carboxylic acids is 1. The number of amides is 1. The number of anilines is 1. The lowest BCUT2D eigenvalue weighted by Gasteiger charge is -2.38. The number of benzene rings is 2. The van der Waals surface area contributed by atoms with Crippen LogP contribution in [-0.4, -0.2) is 29.7 Å². The van der Waals surface area contributed by atoms with Crippen molar-refractivity contribution in [2.75, 3.05) is 18.5 Å². The predicted molar refractivity (Wildman–Crippen MR) is 107 cm³/mol. The molecule has 0 aliphatic carbocycles. The van der Waals surface area contributed by atoms with E-state index in [-0.39, 0.29) is 5.91 Å². The highest BCUT2D eigenvalue weighted by atomic mass is 35.5. The second kappa shape index (κ2) is 7.58. The van der Waals surface area contributed by atoms with Gasteiger partial charge in [0.05, 0.1) is 5.69 Å². The number of hydrogen-bond acceptors (Lipinski definition) is 5. The zero-order chi connectivity index (χ0) is 18.7. The van der Waals surface area contributed by atoms with Crippen molar-refractivity contribution in [2.24, 2.45) is 4.99 Å². The lowest BCUT2D eigenvalue weighted by atomic mass is 10.0. The summed E-state index contributed by atoms with van der Waals surface area (Å²) in [4.78, 5) is 19.7. The van der Waals surface area contributed by atoms with Gasteiger partial charge in [0.15, 0.2) is 0 Å². The zero-order valence-corrected chi connectivity index (χ0v) is 15.7. The molecule has 0 bridgehead atoms. The molecule has 2 aliphatic heterocycles. The zero-order valence-electron chi connectivity index (χ0n) is 14.9. The Kier molecular flexibility index (Phi) is 5.01. The minimum Gasteiger partial charge on any atom is -0.299 e. The molecule has 1 amide bonds. The fraction of sp³-hybridized carbons (Fsp3) is 0.300. The van der Waals surface area contributed by atoms with Gasteiger partial charge in [0.2, 0.25) is 11.6 Å². The monoisotopic (exact) mass is 383 g/mol. The molecule has 2 aromatic rings. The second-order valence-corrected chi connectivity index (χ2v) is 7.14. The SMILES string of the molecule is O=C1C(NNc2ccc(Cl)cc2)=NC2(c3ccccc3)NCCCCCN12. The van der Waals surface area contributed by atoms with Crippen LogP contribution in [-0.2, 0) is 10.6 Å². The number of nitrogens with one attached hydrogen (secondary N) is 3. The van der Waals surface area contributed by atoms with Gasteiger partial charge in [-0.05, 0) is 43.7 Å². The molecule has 140 valence electrons. The van der Waals surface area contributed by atoms with E-state index in [0.29, 0.717) is 17.4 Å². The van der Waals surface area contributed by atoms with E-state index < -0.39 is 5.79 Å². The molecule has 1 saturated heterocycles. The minimum atomic E-state index is -0.858. The Morgan fingerprint density at radius 1 is 1.00 bits per heavy atom. The first-order valence-electron chi connectivity index (χ1n) is 9.19. The van der Waals surface area contributed by atoms with E-state index in [1.807, 2.05) is 47.4 Å².